The number of anilines is 1. The second-order valence-electron chi connectivity index (χ2n) is 7.53. The van der Waals surface area contributed by atoms with Crippen molar-refractivity contribution in [2.24, 2.45) is 0 Å². The highest BCUT2D eigenvalue weighted by atomic mass is 35.5. The van der Waals surface area contributed by atoms with E-state index in [9.17, 15) is 0 Å². The predicted molar refractivity (Wildman–Crippen MR) is 120 cm³/mol. The van der Waals surface area contributed by atoms with Crippen LogP contribution in [-0.4, -0.2) is 15.0 Å². The van der Waals surface area contributed by atoms with Gasteiger partial charge in [0.1, 0.15) is 11.2 Å². The van der Waals surface area contributed by atoms with Crippen LogP contribution >= 0.6 is 34.5 Å². The summed E-state index contributed by atoms with van der Waals surface area (Å²) in [5, 5.41) is 1.80. The van der Waals surface area contributed by atoms with Crippen molar-refractivity contribution in [3.63, 3.8) is 0 Å². The van der Waals surface area contributed by atoms with E-state index in [4.69, 9.17) is 33.7 Å². The van der Waals surface area contributed by atoms with Crippen molar-refractivity contribution >= 4 is 50.6 Å². The Hall–Kier alpha value is -2.41. The highest BCUT2D eigenvalue weighted by molar-refractivity contribution is 7.19. The lowest BCUT2D eigenvalue weighted by atomic mass is 9.88. The summed E-state index contributed by atoms with van der Waals surface area (Å²) in [6, 6.07) is 9.11. The van der Waals surface area contributed by atoms with Gasteiger partial charge < -0.3 is 10.5 Å². The number of ether oxygens (including phenoxy) is 1. The van der Waals surface area contributed by atoms with Crippen molar-refractivity contribution in [1.29, 1.82) is 0 Å². The van der Waals surface area contributed by atoms with Crippen molar-refractivity contribution in [2.45, 2.75) is 26.2 Å². The molecule has 8 heteroatoms. The summed E-state index contributed by atoms with van der Waals surface area (Å²) in [6.07, 6.45) is 3.10. The van der Waals surface area contributed by atoms with E-state index in [1.54, 1.807) is 35.7 Å². The fourth-order valence-electron chi connectivity index (χ4n) is 3.03. The maximum atomic E-state index is 6.32. The normalized spacial score (nSPS) is 11.8. The molecule has 0 saturated carbocycles. The van der Waals surface area contributed by atoms with Gasteiger partial charge in [-0.25, -0.2) is 15.0 Å². The summed E-state index contributed by atoms with van der Waals surface area (Å²) in [5.41, 5.74) is 7.74. The van der Waals surface area contributed by atoms with Gasteiger partial charge in [-0.2, -0.15) is 0 Å². The fourth-order valence-corrected chi connectivity index (χ4v) is 4.54. The molecule has 0 unspecified atom stereocenters. The van der Waals surface area contributed by atoms with Crippen molar-refractivity contribution in [1.82, 2.24) is 15.0 Å². The zero-order valence-corrected chi connectivity index (χ0v) is 18.4. The van der Waals surface area contributed by atoms with Crippen LogP contribution in [0, 0.1) is 0 Å². The topological polar surface area (TPSA) is 73.9 Å². The largest absolute Gasteiger partial charge is 0.434 e. The van der Waals surface area contributed by atoms with Crippen LogP contribution in [-0.2, 0) is 5.41 Å². The molecule has 4 rings (SSSR count). The maximum absolute atomic E-state index is 6.32. The lowest BCUT2D eigenvalue weighted by Gasteiger charge is -2.19. The number of nitrogen functional groups attached to an aromatic ring is 1. The van der Waals surface area contributed by atoms with Gasteiger partial charge in [0.15, 0.2) is 11.6 Å². The molecule has 3 aromatic heterocycles. The highest BCUT2D eigenvalue weighted by Crippen LogP contribution is 2.48. The van der Waals surface area contributed by atoms with Crippen molar-refractivity contribution in [2.75, 3.05) is 5.73 Å². The van der Waals surface area contributed by atoms with Crippen LogP contribution in [0.2, 0.25) is 10.0 Å². The number of hydrogen-bond acceptors (Lipinski definition) is 6. The van der Waals surface area contributed by atoms with E-state index in [0.29, 0.717) is 27.5 Å². The zero-order valence-electron chi connectivity index (χ0n) is 16.0. The van der Waals surface area contributed by atoms with Gasteiger partial charge >= 0.3 is 0 Å². The Morgan fingerprint density at radius 1 is 1.03 bits per heavy atom. The highest BCUT2D eigenvalue weighted by Gasteiger charge is 2.27. The Morgan fingerprint density at radius 3 is 2.52 bits per heavy atom. The van der Waals surface area contributed by atoms with Gasteiger partial charge in [0, 0.05) is 16.6 Å². The number of pyridine rings is 1. The molecule has 5 nitrogen and oxygen atoms in total. The molecule has 4 aromatic rings. The van der Waals surface area contributed by atoms with Crippen LogP contribution in [0.4, 0.5) is 5.82 Å². The third kappa shape index (κ3) is 3.75. The Labute approximate surface area is 182 Å². The van der Waals surface area contributed by atoms with Gasteiger partial charge in [0.2, 0.25) is 5.88 Å². The molecule has 0 amide bonds. The molecule has 0 aliphatic heterocycles. The number of nitrogens with two attached hydrogens (primary N) is 1. The maximum Gasteiger partial charge on any atom is 0.231 e. The number of rotatable bonds is 3. The van der Waals surface area contributed by atoms with Crippen LogP contribution in [0.25, 0.3) is 21.3 Å². The van der Waals surface area contributed by atoms with Crippen molar-refractivity contribution < 1.29 is 4.74 Å². The molecule has 2 N–H and O–H groups in total. The molecule has 0 aliphatic carbocycles. The standard InChI is InChI=1S/C21H18Cl2N4OS/c1-21(2,3)17-15(11-6-7-12(22)13(23)9-11)16-19(26-10-27-20(16)29-17)28-14-5-4-8-25-18(14)24/h4-10H,1-3H3,(H2,24,25). The average molecular weight is 445 g/mol. The summed E-state index contributed by atoms with van der Waals surface area (Å²) < 4.78 is 6.07. The number of hydrogen-bond donors (Lipinski definition) is 1. The smallest absolute Gasteiger partial charge is 0.231 e. The SMILES string of the molecule is CC(C)(C)c1sc2ncnc(Oc3cccnc3N)c2c1-c1ccc(Cl)c(Cl)c1. The molecule has 0 atom stereocenters. The molecule has 0 fully saturated rings. The summed E-state index contributed by atoms with van der Waals surface area (Å²) in [5.74, 6) is 1.15. The van der Waals surface area contributed by atoms with Gasteiger partial charge in [0.25, 0.3) is 0 Å². The molecule has 0 spiro atoms. The third-order valence-corrected chi connectivity index (χ3v) is 6.61. The van der Waals surface area contributed by atoms with Crippen LogP contribution in [0.15, 0.2) is 42.9 Å². The van der Waals surface area contributed by atoms with E-state index in [-0.39, 0.29) is 5.41 Å². The Kier molecular flexibility index (Phi) is 5.11. The van der Waals surface area contributed by atoms with Crippen molar-refractivity contribution in [3.8, 4) is 22.8 Å². The Bertz CT molecular complexity index is 1220. The van der Waals surface area contributed by atoms with E-state index >= 15 is 0 Å². The minimum atomic E-state index is -0.128. The lowest BCUT2D eigenvalue weighted by Crippen LogP contribution is -2.10. The van der Waals surface area contributed by atoms with Crippen LogP contribution in [0.5, 0.6) is 11.6 Å². The van der Waals surface area contributed by atoms with Crippen LogP contribution in [0.1, 0.15) is 25.6 Å². The van der Waals surface area contributed by atoms with Gasteiger partial charge in [-0.15, -0.1) is 11.3 Å². The summed E-state index contributed by atoms with van der Waals surface area (Å²) in [6.45, 7) is 6.48. The predicted octanol–water partition coefficient (Wildman–Crippen LogP) is 6.73. The van der Waals surface area contributed by atoms with Gasteiger partial charge in [0.05, 0.1) is 15.4 Å². The number of fused-ring (bicyclic) bond motifs is 1. The summed E-state index contributed by atoms with van der Waals surface area (Å²) >= 11 is 14.1. The molecule has 1 aromatic carbocycles. The summed E-state index contributed by atoms with van der Waals surface area (Å²) in [7, 11) is 0. The molecule has 0 bridgehead atoms. The average Bonchev–Trinajstić information content (AvgIpc) is 3.07. The molecular formula is C21H18Cl2N4OS. The van der Waals surface area contributed by atoms with Gasteiger partial charge in [-0.1, -0.05) is 50.0 Å². The van der Waals surface area contributed by atoms with E-state index < -0.39 is 0 Å². The van der Waals surface area contributed by atoms with Crippen molar-refractivity contribution in [3.05, 3.63) is 57.8 Å². The Morgan fingerprint density at radius 2 is 1.83 bits per heavy atom. The first-order valence-corrected chi connectivity index (χ1v) is 10.4. The lowest BCUT2D eigenvalue weighted by molar-refractivity contribution is 0.469. The Balaban J connectivity index is 2.01. The van der Waals surface area contributed by atoms with Gasteiger partial charge in [-0.3, -0.25) is 0 Å². The molecule has 0 radical (unpaired) electrons. The van der Waals surface area contributed by atoms with Crippen LogP contribution < -0.4 is 10.5 Å². The van der Waals surface area contributed by atoms with E-state index in [0.717, 1.165) is 26.2 Å². The molecule has 0 aliphatic rings. The monoisotopic (exact) mass is 444 g/mol. The number of benzene rings is 1. The number of halogens is 2. The fraction of sp³-hybridized carbons (Fsp3) is 0.190. The minimum absolute atomic E-state index is 0.128. The quantitative estimate of drug-likeness (QED) is 0.378. The molecule has 0 saturated heterocycles. The second-order valence-corrected chi connectivity index (χ2v) is 9.35. The first-order chi connectivity index (χ1) is 13.8. The van der Waals surface area contributed by atoms with E-state index in [1.165, 1.54) is 6.33 Å². The molecular weight excluding hydrogens is 427 g/mol. The van der Waals surface area contributed by atoms with Crippen LogP contribution in [0.3, 0.4) is 0 Å². The number of nitrogens with zero attached hydrogens (tertiary/aromatic N) is 3. The number of thiophene rings is 1. The molecule has 3 heterocycles. The third-order valence-electron chi connectivity index (χ3n) is 4.35. The molecule has 148 valence electrons. The van der Waals surface area contributed by atoms with E-state index in [2.05, 4.69) is 35.7 Å². The van der Waals surface area contributed by atoms with Gasteiger partial charge in [-0.05, 0) is 35.2 Å². The zero-order chi connectivity index (χ0) is 20.8. The molecule has 29 heavy (non-hydrogen) atoms. The second kappa shape index (κ2) is 7.44. The first kappa shape index (κ1) is 19.9. The minimum Gasteiger partial charge on any atom is -0.434 e. The van der Waals surface area contributed by atoms with E-state index in [1.807, 2.05) is 12.1 Å². The number of aromatic nitrogens is 3. The summed E-state index contributed by atoms with van der Waals surface area (Å²) in [4.78, 5) is 14.9. The first-order valence-electron chi connectivity index (χ1n) is 8.87.